The molecule has 0 saturated heterocycles. The van der Waals surface area contributed by atoms with Crippen molar-refractivity contribution in [2.45, 2.75) is 19.9 Å². The molecule has 1 aromatic heterocycles. The van der Waals surface area contributed by atoms with Gasteiger partial charge in [0, 0.05) is 29.5 Å². The maximum absolute atomic E-state index is 11.3. The monoisotopic (exact) mass is 366 g/mol. The molecule has 6 heteroatoms. The number of hydrogen-bond acceptors (Lipinski definition) is 5. The maximum Gasteiger partial charge on any atom is 0.231 e. The van der Waals surface area contributed by atoms with Gasteiger partial charge < -0.3 is 14.8 Å². The molecule has 0 aliphatic carbocycles. The first-order valence-electron chi connectivity index (χ1n) is 8.44. The fraction of sp³-hybridized carbons (Fsp3) is 0.200. The van der Waals surface area contributed by atoms with Gasteiger partial charge in [0.15, 0.2) is 11.5 Å². The fourth-order valence-electron chi connectivity index (χ4n) is 2.69. The van der Waals surface area contributed by atoms with Crippen LogP contribution in [-0.2, 0) is 11.3 Å². The fourth-order valence-corrected chi connectivity index (χ4v) is 3.52. The predicted octanol–water partition coefficient (Wildman–Crippen LogP) is 4.23. The van der Waals surface area contributed by atoms with Crippen molar-refractivity contribution in [3.8, 4) is 33.3 Å². The molecule has 0 saturated carbocycles. The Labute approximate surface area is 155 Å². The van der Waals surface area contributed by atoms with Crippen molar-refractivity contribution in [3.63, 3.8) is 0 Å². The third kappa shape index (κ3) is 3.41. The highest BCUT2D eigenvalue weighted by Crippen LogP contribution is 2.37. The van der Waals surface area contributed by atoms with Crippen LogP contribution in [0.3, 0.4) is 0 Å². The molecule has 2 aromatic carbocycles. The van der Waals surface area contributed by atoms with E-state index < -0.39 is 0 Å². The van der Waals surface area contributed by atoms with Crippen LogP contribution >= 0.6 is 11.3 Å². The lowest BCUT2D eigenvalue weighted by Gasteiger charge is -2.04. The first-order chi connectivity index (χ1) is 12.7. The smallest absolute Gasteiger partial charge is 0.231 e. The van der Waals surface area contributed by atoms with Gasteiger partial charge in [0.05, 0.1) is 5.69 Å². The molecule has 4 rings (SSSR count). The lowest BCUT2D eigenvalue weighted by Crippen LogP contribution is -2.21. The molecule has 0 radical (unpaired) electrons. The van der Waals surface area contributed by atoms with Crippen LogP contribution in [0.2, 0.25) is 0 Å². The lowest BCUT2D eigenvalue weighted by molar-refractivity contribution is -0.120. The molecule has 0 spiro atoms. The van der Waals surface area contributed by atoms with E-state index in [2.05, 4.69) is 5.32 Å². The molecule has 26 heavy (non-hydrogen) atoms. The quantitative estimate of drug-likeness (QED) is 0.734. The minimum Gasteiger partial charge on any atom is -0.454 e. The number of nitrogens with one attached hydrogen (secondary N) is 1. The third-order valence-electron chi connectivity index (χ3n) is 4.18. The molecule has 5 nitrogen and oxygen atoms in total. The average molecular weight is 366 g/mol. The Balaban J connectivity index is 1.50. The number of ether oxygens (including phenoxy) is 2. The first kappa shape index (κ1) is 16.6. The highest BCUT2D eigenvalue weighted by atomic mass is 32.1. The highest BCUT2D eigenvalue weighted by Gasteiger charge is 2.15. The van der Waals surface area contributed by atoms with Gasteiger partial charge in [-0.3, -0.25) is 4.79 Å². The predicted molar refractivity (Wildman–Crippen MR) is 101 cm³/mol. The summed E-state index contributed by atoms with van der Waals surface area (Å²) >= 11 is 1.61. The van der Waals surface area contributed by atoms with Crippen LogP contribution in [0.15, 0.2) is 47.8 Å². The minimum absolute atomic E-state index is 0.0577. The average Bonchev–Trinajstić information content (AvgIpc) is 3.35. The molecule has 0 atom stereocenters. The van der Waals surface area contributed by atoms with Gasteiger partial charge in [0.2, 0.25) is 12.7 Å². The normalized spacial score (nSPS) is 12.2. The summed E-state index contributed by atoms with van der Waals surface area (Å²) in [5.41, 5.74) is 4.06. The molecule has 0 bridgehead atoms. The molecule has 1 aliphatic heterocycles. The number of aromatic nitrogens is 1. The third-order valence-corrected chi connectivity index (χ3v) is 5.08. The van der Waals surface area contributed by atoms with Gasteiger partial charge in [-0.2, -0.15) is 0 Å². The Hall–Kier alpha value is -2.86. The van der Waals surface area contributed by atoms with Gasteiger partial charge in [0.25, 0.3) is 0 Å². The second-order valence-electron chi connectivity index (χ2n) is 5.93. The van der Waals surface area contributed by atoms with Crippen molar-refractivity contribution in [2.75, 3.05) is 6.79 Å². The van der Waals surface area contributed by atoms with Gasteiger partial charge in [0.1, 0.15) is 5.01 Å². The van der Waals surface area contributed by atoms with Crippen LogP contribution in [0.1, 0.15) is 18.9 Å². The summed E-state index contributed by atoms with van der Waals surface area (Å²) in [6, 6.07) is 14.0. The van der Waals surface area contributed by atoms with E-state index >= 15 is 0 Å². The van der Waals surface area contributed by atoms with Crippen LogP contribution in [-0.4, -0.2) is 17.7 Å². The summed E-state index contributed by atoms with van der Waals surface area (Å²) in [5.74, 6) is 1.59. The van der Waals surface area contributed by atoms with Crippen molar-refractivity contribution in [3.05, 3.63) is 53.4 Å². The Bertz CT molecular complexity index is 934. The Kier molecular flexibility index (Phi) is 4.58. The van der Waals surface area contributed by atoms with Gasteiger partial charge in [-0.1, -0.05) is 31.2 Å². The van der Waals surface area contributed by atoms with Crippen molar-refractivity contribution >= 4 is 17.2 Å². The number of nitrogens with zero attached hydrogens (tertiary/aromatic N) is 1. The van der Waals surface area contributed by atoms with Crippen molar-refractivity contribution < 1.29 is 14.3 Å². The molecular weight excluding hydrogens is 348 g/mol. The Morgan fingerprint density at radius 1 is 1.12 bits per heavy atom. The number of benzene rings is 2. The van der Waals surface area contributed by atoms with Gasteiger partial charge in [-0.05, 0) is 23.8 Å². The molecular formula is C20H18N2O3S. The summed E-state index contributed by atoms with van der Waals surface area (Å²) in [6.45, 7) is 2.66. The molecule has 3 aromatic rings. The number of amides is 1. The van der Waals surface area contributed by atoms with Crippen LogP contribution in [0.25, 0.3) is 21.8 Å². The summed E-state index contributed by atoms with van der Waals surface area (Å²) in [6.07, 6.45) is 0.500. The van der Waals surface area contributed by atoms with Crippen LogP contribution in [0, 0.1) is 0 Å². The Morgan fingerprint density at radius 3 is 2.69 bits per heavy atom. The summed E-state index contributed by atoms with van der Waals surface area (Å²) in [7, 11) is 0. The molecule has 1 aliphatic rings. The van der Waals surface area contributed by atoms with Crippen molar-refractivity contribution in [2.24, 2.45) is 0 Å². The largest absolute Gasteiger partial charge is 0.454 e. The minimum atomic E-state index is 0.0577. The van der Waals surface area contributed by atoms with E-state index in [1.165, 1.54) is 0 Å². The van der Waals surface area contributed by atoms with E-state index in [9.17, 15) is 4.79 Å². The molecule has 0 unspecified atom stereocenters. The van der Waals surface area contributed by atoms with E-state index in [0.29, 0.717) is 13.0 Å². The van der Waals surface area contributed by atoms with Gasteiger partial charge >= 0.3 is 0 Å². The Morgan fingerprint density at radius 2 is 1.88 bits per heavy atom. The molecule has 1 amide bonds. The number of carbonyl (C=O) groups excluding carboxylic acids is 1. The zero-order valence-electron chi connectivity index (χ0n) is 14.3. The zero-order chi connectivity index (χ0) is 17.9. The van der Waals surface area contributed by atoms with Crippen molar-refractivity contribution in [1.82, 2.24) is 10.3 Å². The number of hydrogen-bond donors (Lipinski definition) is 1. The molecule has 132 valence electrons. The number of fused-ring (bicyclic) bond motifs is 1. The van der Waals surface area contributed by atoms with Crippen molar-refractivity contribution in [1.29, 1.82) is 0 Å². The number of carbonyl (C=O) groups is 1. The lowest BCUT2D eigenvalue weighted by atomic mass is 10.1. The second-order valence-corrected chi connectivity index (χ2v) is 6.79. The molecule has 1 N–H and O–H groups in total. The van der Waals surface area contributed by atoms with E-state index in [4.69, 9.17) is 14.5 Å². The van der Waals surface area contributed by atoms with E-state index in [1.807, 2.05) is 54.8 Å². The topological polar surface area (TPSA) is 60.5 Å². The molecule has 2 heterocycles. The van der Waals surface area contributed by atoms with E-state index in [1.54, 1.807) is 11.3 Å². The van der Waals surface area contributed by atoms with E-state index in [-0.39, 0.29) is 12.7 Å². The van der Waals surface area contributed by atoms with E-state index in [0.717, 1.165) is 38.9 Å². The molecule has 0 fully saturated rings. The number of rotatable bonds is 5. The second kappa shape index (κ2) is 7.17. The zero-order valence-corrected chi connectivity index (χ0v) is 15.1. The van der Waals surface area contributed by atoms with Crippen LogP contribution in [0.5, 0.6) is 11.5 Å². The van der Waals surface area contributed by atoms with Crippen LogP contribution < -0.4 is 14.8 Å². The van der Waals surface area contributed by atoms with Gasteiger partial charge in [-0.15, -0.1) is 11.3 Å². The highest BCUT2D eigenvalue weighted by molar-refractivity contribution is 7.13. The van der Waals surface area contributed by atoms with Gasteiger partial charge in [-0.25, -0.2) is 4.98 Å². The summed E-state index contributed by atoms with van der Waals surface area (Å²) < 4.78 is 10.8. The summed E-state index contributed by atoms with van der Waals surface area (Å²) in [5, 5.41) is 5.88. The maximum atomic E-state index is 11.3. The first-order valence-corrected chi connectivity index (χ1v) is 9.32. The number of thiazole rings is 1. The standard InChI is InChI=1S/C20H18N2O3S/c1-2-19(23)21-10-13-3-5-14(6-4-13)20-22-16(11-26-20)15-7-8-17-18(9-15)25-12-24-17/h3-9,11H,2,10,12H2,1H3,(H,21,23). The van der Waals surface area contributed by atoms with Crippen LogP contribution in [0.4, 0.5) is 0 Å². The summed E-state index contributed by atoms with van der Waals surface area (Å²) in [4.78, 5) is 16.1. The SMILES string of the molecule is CCC(=O)NCc1ccc(-c2nc(-c3ccc4c(c3)OCO4)cs2)cc1.